The van der Waals surface area contributed by atoms with E-state index in [-0.39, 0.29) is 47.5 Å². The second kappa shape index (κ2) is 9.33. The van der Waals surface area contributed by atoms with Gasteiger partial charge in [0.15, 0.2) is 0 Å². The first-order valence-corrected chi connectivity index (χ1v) is 21.3. The van der Waals surface area contributed by atoms with Crippen molar-refractivity contribution >= 4 is 109 Å². The van der Waals surface area contributed by atoms with Crippen LogP contribution in [0.1, 0.15) is 105 Å². The van der Waals surface area contributed by atoms with Crippen LogP contribution >= 0.6 is 56.7 Å². The minimum Gasteiger partial charge on any atom is -0.399 e. The van der Waals surface area contributed by atoms with Gasteiger partial charge in [-0.3, -0.25) is 0 Å². The predicted molar refractivity (Wildman–Crippen MR) is 215 cm³/mol. The number of rotatable bonds is 2. The van der Waals surface area contributed by atoms with Gasteiger partial charge in [-0.25, -0.2) is 0 Å². The van der Waals surface area contributed by atoms with Crippen LogP contribution in [-0.2, 0) is 29.4 Å². The third-order valence-corrected chi connectivity index (χ3v) is 18.8. The molecule has 1 aromatic carbocycles. The summed E-state index contributed by atoms with van der Waals surface area (Å²) in [5.41, 5.74) is 5.77. The highest BCUT2D eigenvalue weighted by molar-refractivity contribution is 7.36. The van der Waals surface area contributed by atoms with Crippen molar-refractivity contribution in [2.45, 2.75) is 116 Å². The summed E-state index contributed by atoms with van der Waals surface area (Å²) in [5, 5.41) is 1.42. The van der Waals surface area contributed by atoms with Gasteiger partial charge in [-0.1, -0.05) is 39.8 Å². The molecule has 0 saturated carbocycles. The number of hydrogen-bond donors (Lipinski definition) is 0. The van der Waals surface area contributed by atoms with Gasteiger partial charge in [-0.2, -0.15) is 0 Å². The van der Waals surface area contributed by atoms with E-state index in [0.29, 0.717) is 0 Å². The fraction of sp³-hybridized carbons (Fsp3) is 0.474. The van der Waals surface area contributed by atoms with Gasteiger partial charge in [-0.15, -0.1) is 56.7 Å². The van der Waals surface area contributed by atoms with E-state index in [1.807, 2.05) is 56.7 Å². The first-order valence-electron chi connectivity index (χ1n) is 17.2. The number of benzene rings is 1. The number of thiophene rings is 5. The van der Waals surface area contributed by atoms with Gasteiger partial charge in [0.1, 0.15) is 0 Å². The van der Waals surface area contributed by atoms with Gasteiger partial charge in [-0.05, 0) is 101 Å². The number of fused-ring (bicyclic) bond motifs is 13. The second-order valence-corrected chi connectivity index (χ2v) is 22.7. The topological polar surface area (TPSA) is 36.9 Å². The molecule has 2 saturated heterocycles. The number of hydrogen-bond acceptors (Lipinski definition) is 9. The maximum atomic E-state index is 6.47. The Bertz CT molecular complexity index is 2410. The molecule has 6 aromatic rings. The van der Waals surface area contributed by atoms with Gasteiger partial charge in [0, 0.05) is 53.6 Å². The zero-order valence-electron chi connectivity index (χ0n) is 30.1. The highest BCUT2D eigenvalue weighted by atomic mass is 32.1. The van der Waals surface area contributed by atoms with Crippen molar-refractivity contribution in [1.82, 2.24) is 0 Å². The fourth-order valence-electron chi connectivity index (χ4n) is 8.45. The van der Waals surface area contributed by atoms with Crippen LogP contribution in [0.4, 0.5) is 0 Å². The van der Waals surface area contributed by atoms with Crippen molar-refractivity contribution in [2.24, 2.45) is 0 Å². The summed E-state index contributed by atoms with van der Waals surface area (Å²) in [6.07, 6.45) is 0. The third-order valence-electron chi connectivity index (χ3n) is 12.5. The van der Waals surface area contributed by atoms with Crippen LogP contribution in [0.25, 0.3) is 49.1 Å². The molecule has 2 aliphatic heterocycles. The summed E-state index contributed by atoms with van der Waals surface area (Å²) in [6.45, 7) is 26.8. The van der Waals surface area contributed by atoms with Gasteiger partial charge >= 0.3 is 14.2 Å². The molecule has 11 heteroatoms. The quantitative estimate of drug-likeness (QED) is 0.166. The van der Waals surface area contributed by atoms with Crippen LogP contribution in [0.3, 0.4) is 0 Å². The van der Waals surface area contributed by atoms with Crippen molar-refractivity contribution in [3.05, 3.63) is 46.5 Å². The molecule has 7 heterocycles. The van der Waals surface area contributed by atoms with Gasteiger partial charge < -0.3 is 18.6 Å². The van der Waals surface area contributed by atoms with Crippen LogP contribution in [0, 0.1) is 0 Å². The second-order valence-electron chi connectivity index (χ2n) is 17.4. The van der Waals surface area contributed by atoms with E-state index in [4.69, 9.17) is 18.6 Å². The van der Waals surface area contributed by atoms with Crippen molar-refractivity contribution in [2.75, 3.05) is 0 Å². The first-order chi connectivity index (χ1) is 22.7. The zero-order chi connectivity index (χ0) is 34.6. The van der Waals surface area contributed by atoms with Gasteiger partial charge in [0.05, 0.1) is 27.3 Å². The summed E-state index contributed by atoms with van der Waals surface area (Å²) in [7, 11) is -0.646. The van der Waals surface area contributed by atoms with E-state index in [9.17, 15) is 0 Å². The highest BCUT2D eigenvalue weighted by Crippen LogP contribution is 2.65. The molecule has 4 nitrogen and oxygen atoms in total. The van der Waals surface area contributed by atoms with Crippen molar-refractivity contribution in [1.29, 1.82) is 0 Å². The lowest BCUT2D eigenvalue weighted by Gasteiger charge is -2.32. The van der Waals surface area contributed by atoms with Crippen molar-refractivity contribution in [3.63, 3.8) is 0 Å². The average Bonchev–Trinajstić information content (AvgIpc) is 3.80. The largest absolute Gasteiger partial charge is 0.505 e. The van der Waals surface area contributed by atoms with Gasteiger partial charge in [0.2, 0.25) is 0 Å². The minimum atomic E-state index is -0.349. The van der Waals surface area contributed by atoms with Crippen LogP contribution in [0.15, 0.2) is 24.3 Å². The SMILES string of the molecule is CC1(C)c2c(sc3c4c(ccc23)-c2sc3cc(B5OC(C)(C)C(C)(C)O5)sc3c2C4(C)C)-c2sc3cc(B4OC(C)(C)C(C)(C)O4)sc3c21. The Balaban J connectivity index is 1.07. The highest BCUT2D eigenvalue weighted by Gasteiger charge is 2.54. The molecule has 0 amide bonds. The molecule has 0 radical (unpaired) electrons. The summed E-state index contributed by atoms with van der Waals surface area (Å²) in [6, 6.07) is 9.51. The molecule has 4 aliphatic rings. The Hall–Kier alpha value is -1.53. The lowest BCUT2D eigenvalue weighted by molar-refractivity contribution is 0.00578. The van der Waals surface area contributed by atoms with Crippen LogP contribution < -0.4 is 9.55 Å². The molecule has 252 valence electrons. The van der Waals surface area contributed by atoms with Crippen molar-refractivity contribution < 1.29 is 18.6 Å². The summed E-state index contributed by atoms with van der Waals surface area (Å²) >= 11 is 9.65. The normalized spacial score (nSPS) is 23.3. The molecule has 0 unspecified atom stereocenters. The van der Waals surface area contributed by atoms with E-state index in [2.05, 4.69) is 107 Å². The fourth-order valence-corrected chi connectivity index (χ4v) is 16.1. The summed E-state index contributed by atoms with van der Waals surface area (Å²) in [5.74, 6) is 0. The third kappa shape index (κ3) is 3.90. The molecule has 49 heavy (non-hydrogen) atoms. The van der Waals surface area contributed by atoms with Crippen LogP contribution in [0.2, 0.25) is 0 Å². The Morgan fingerprint density at radius 2 is 0.878 bits per heavy atom. The van der Waals surface area contributed by atoms with E-state index in [0.717, 1.165) is 0 Å². The lowest BCUT2D eigenvalue weighted by atomic mass is 9.79. The Morgan fingerprint density at radius 3 is 1.39 bits per heavy atom. The van der Waals surface area contributed by atoms with Crippen molar-refractivity contribution in [3.8, 4) is 20.2 Å². The van der Waals surface area contributed by atoms with Crippen LogP contribution in [-0.4, -0.2) is 36.6 Å². The lowest BCUT2D eigenvalue weighted by Crippen LogP contribution is -2.41. The molecule has 0 atom stereocenters. The molecule has 0 spiro atoms. The summed E-state index contributed by atoms with van der Waals surface area (Å²) < 4.78 is 35.1. The molecule has 2 fully saturated rings. The Morgan fingerprint density at radius 1 is 0.449 bits per heavy atom. The molecule has 2 aliphatic carbocycles. The maximum Gasteiger partial charge on any atom is 0.505 e. The minimum absolute atomic E-state index is 0.0974. The first kappa shape index (κ1) is 32.1. The summed E-state index contributed by atoms with van der Waals surface area (Å²) in [4.78, 5) is 4.35. The monoisotopic (exact) mass is 742 g/mol. The molecular formula is C38H40B2O4S5. The van der Waals surface area contributed by atoms with E-state index < -0.39 is 0 Å². The smallest absolute Gasteiger partial charge is 0.399 e. The molecule has 10 rings (SSSR count). The van der Waals surface area contributed by atoms with E-state index >= 15 is 0 Å². The predicted octanol–water partition coefficient (Wildman–Crippen LogP) is 10.7. The van der Waals surface area contributed by atoms with E-state index in [1.165, 1.54) is 80.9 Å². The Kier molecular flexibility index (Phi) is 6.12. The average molecular weight is 743 g/mol. The van der Waals surface area contributed by atoms with Gasteiger partial charge in [0.25, 0.3) is 0 Å². The zero-order valence-corrected chi connectivity index (χ0v) is 34.2. The molecule has 0 bridgehead atoms. The standard InChI is InChI=1S/C38H40B2O4S5/c1-33(2)23-17(28-25(33)29-19(45-28)15-21(47-29)39-41-35(5,6)36(7,8)42-39)13-14-18-24-31(49-27(18)23)32-26(34(24,3)4)30-20(46-32)16-22(48-30)40-43-37(9,10)38(11,12)44-40/h13-16H,1-12H3. The molecule has 5 aromatic heterocycles. The molecule has 0 N–H and O–H groups in total. The molecular weight excluding hydrogens is 702 g/mol. The van der Waals surface area contributed by atoms with E-state index in [1.54, 1.807) is 0 Å². The maximum absolute atomic E-state index is 6.47. The Labute approximate surface area is 309 Å². The van der Waals surface area contributed by atoms with Crippen LogP contribution in [0.5, 0.6) is 0 Å².